The van der Waals surface area contributed by atoms with Gasteiger partial charge in [0.15, 0.2) is 0 Å². The molecular weight excluding hydrogens is 350 g/mol. The molecule has 6 nitrogen and oxygen atoms in total. The van der Waals surface area contributed by atoms with Crippen LogP contribution in [0.2, 0.25) is 5.02 Å². The predicted molar refractivity (Wildman–Crippen MR) is 92.2 cm³/mol. The van der Waals surface area contributed by atoms with Gasteiger partial charge in [-0.15, -0.1) is 0 Å². The summed E-state index contributed by atoms with van der Waals surface area (Å²) in [6.07, 6.45) is 2.76. The van der Waals surface area contributed by atoms with Gasteiger partial charge >= 0.3 is 0 Å². The summed E-state index contributed by atoms with van der Waals surface area (Å²) in [5.74, 6) is 0.342. The van der Waals surface area contributed by atoms with Crippen LogP contribution in [0.25, 0.3) is 10.9 Å². The molecule has 4 rings (SSSR count). The molecule has 24 heavy (non-hydrogen) atoms. The van der Waals surface area contributed by atoms with Crippen LogP contribution in [0.4, 0.5) is 0 Å². The van der Waals surface area contributed by atoms with E-state index in [1.807, 2.05) is 0 Å². The maximum absolute atomic E-state index is 12.0. The lowest BCUT2D eigenvalue weighted by atomic mass is 9.86. The second kappa shape index (κ2) is 5.17. The molecule has 1 aromatic carbocycles. The van der Waals surface area contributed by atoms with Crippen molar-refractivity contribution in [2.24, 2.45) is 11.8 Å². The first-order valence-electron chi connectivity index (χ1n) is 8.08. The first kappa shape index (κ1) is 16.3. The van der Waals surface area contributed by atoms with Crippen LogP contribution in [0.5, 0.6) is 0 Å². The molecule has 2 saturated carbocycles. The van der Waals surface area contributed by atoms with E-state index in [-0.39, 0.29) is 17.9 Å². The van der Waals surface area contributed by atoms with E-state index in [9.17, 15) is 13.5 Å². The van der Waals surface area contributed by atoms with Crippen LogP contribution in [0.15, 0.2) is 18.3 Å². The number of hydrogen-bond acceptors (Lipinski definition) is 4. The van der Waals surface area contributed by atoms with Gasteiger partial charge in [-0.25, -0.2) is 13.1 Å². The van der Waals surface area contributed by atoms with Crippen molar-refractivity contribution in [2.75, 3.05) is 0 Å². The Bertz CT molecular complexity index is 896. The Labute approximate surface area is 145 Å². The zero-order valence-corrected chi connectivity index (χ0v) is 15.0. The smallest absolute Gasteiger partial charge is 0.214 e. The molecule has 0 bridgehead atoms. The molecule has 1 heterocycles. The lowest BCUT2D eigenvalue weighted by Crippen LogP contribution is -2.37. The number of sulfonamides is 1. The molecule has 8 heteroatoms. The summed E-state index contributed by atoms with van der Waals surface area (Å²) in [4.78, 5) is 0. The Hall–Kier alpha value is -1.15. The van der Waals surface area contributed by atoms with E-state index in [1.54, 1.807) is 32.2 Å². The van der Waals surface area contributed by atoms with Crippen LogP contribution in [-0.4, -0.2) is 35.0 Å². The summed E-state index contributed by atoms with van der Waals surface area (Å²) in [6.45, 7) is 3.33. The number of aromatic amines is 1. The highest BCUT2D eigenvalue weighted by Crippen LogP contribution is 2.60. The molecule has 2 fully saturated rings. The first-order chi connectivity index (χ1) is 11.2. The van der Waals surface area contributed by atoms with Crippen molar-refractivity contribution < 1.29 is 13.5 Å². The minimum absolute atomic E-state index is 0.0586. The van der Waals surface area contributed by atoms with E-state index < -0.39 is 20.9 Å². The normalized spacial score (nSPS) is 32.5. The number of benzene rings is 1. The summed E-state index contributed by atoms with van der Waals surface area (Å²) in [6, 6.07) is 3.51. The van der Waals surface area contributed by atoms with Crippen molar-refractivity contribution in [1.29, 1.82) is 0 Å². The van der Waals surface area contributed by atoms with Crippen molar-refractivity contribution >= 4 is 32.5 Å². The van der Waals surface area contributed by atoms with E-state index in [0.29, 0.717) is 17.9 Å². The molecule has 3 N–H and O–H groups in total. The number of aliphatic hydroxyl groups is 1. The van der Waals surface area contributed by atoms with Gasteiger partial charge in [0.1, 0.15) is 0 Å². The van der Waals surface area contributed by atoms with E-state index >= 15 is 0 Å². The monoisotopic (exact) mass is 369 g/mol. The van der Waals surface area contributed by atoms with Gasteiger partial charge in [0.05, 0.1) is 22.6 Å². The average molecular weight is 370 g/mol. The van der Waals surface area contributed by atoms with Gasteiger partial charge in [0.25, 0.3) is 0 Å². The van der Waals surface area contributed by atoms with Crippen molar-refractivity contribution in [2.45, 2.75) is 43.6 Å². The zero-order valence-electron chi connectivity index (χ0n) is 13.5. The van der Waals surface area contributed by atoms with Gasteiger partial charge in [-0.1, -0.05) is 11.6 Å². The van der Waals surface area contributed by atoms with Crippen LogP contribution in [0.3, 0.4) is 0 Å². The lowest BCUT2D eigenvalue weighted by molar-refractivity contribution is 0.0303. The van der Waals surface area contributed by atoms with Gasteiger partial charge in [-0.3, -0.25) is 5.10 Å². The topological polar surface area (TPSA) is 95.1 Å². The van der Waals surface area contributed by atoms with Gasteiger partial charge < -0.3 is 5.11 Å². The Morgan fingerprint density at radius 1 is 1.38 bits per heavy atom. The molecule has 2 aliphatic rings. The molecular formula is C16H20ClN3O3S. The molecule has 0 saturated heterocycles. The maximum atomic E-state index is 12.0. The number of halogens is 1. The highest BCUT2D eigenvalue weighted by molar-refractivity contribution is 7.90. The highest BCUT2D eigenvalue weighted by atomic mass is 35.5. The van der Waals surface area contributed by atoms with Gasteiger partial charge in [0.2, 0.25) is 10.0 Å². The van der Waals surface area contributed by atoms with E-state index in [0.717, 1.165) is 16.5 Å². The molecule has 2 aliphatic carbocycles. The summed E-state index contributed by atoms with van der Waals surface area (Å²) in [5, 5.41) is 19.0. The summed E-state index contributed by atoms with van der Waals surface area (Å²) < 4.78 is 26.8. The third kappa shape index (κ3) is 2.45. The Kier molecular flexibility index (Phi) is 3.52. The second-order valence-electron chi connectivity index (χ2n) is 7.29. The van der Waals surface area contributed by atoms with Crippen LogP contribution in [0.1, 0.15) is 32.3 Å². The standard InChI is InChI=1S/C16H20ClN3O3S/c1-8(2)24(22,23)20-15-10-5-16(21,6-11(10)15)13-3-9(17)4-14-12(13)7-18-19-14/h3-4,7-8,10-11,15,20-21H,5-6H2,1-2H3,(H,18,19)/t10-,11+,15?,16?. The highest BCUT2D eigenvalue weighted by Gasteiger charge is 2.62. The number of aromatic nitrogens is 2. The molecule has 4 atom stereocenters. The molecule has 0 aliphatic heterocycles. The van der Waals surface area contributed by atoms with Crippen molar-refractivity contribution in [3.8, 4) is 0 Å². The predicted octanol–water partition coefficient (Wildman–Crippen LogP) is 2.14. The van der Waals surface area contributed by atoms with Crippen LogP contribution >= 0.6 is 11.6 Å². The number of H-pyrrole nitrogens is 1. The van der Waals surface area contributed by atoms with Crippen molar-refractivity contribution in [1.82, 2.24) is 14.9 Å². The largest absolute Gasteiger partial charge is 0.385 e. The molecule has 1 aromatic heterocycles. The number of hydrogen-bond donors (Lipinski definition) is 3. The molecule has 0 amide bonds. The minimum atomic E-state index is -3.28. The average Bonchev–Trinajstić information content (AvgIpc) is 2.90. The molecule has 2 unspecified atom stereocenters. The van der Waals surface area contributed by atoms with Gasteiger partial charge in [-0.2, -0.15) is 5.10 Å². The summed E-state index contributed by atoms with van der Waals surface area (Å²) in [5.41, 5.74) is 0.585. The SMILES string of the molecule is CC(C)S(=O)(=O)NC1[C@H]2CC(O)(c3cc(Cl)cc4[nH]ncc34)C[C@@H]12. The van der Waals surface area contributed by atoms with Crippen LogP contribution in [-0.2, 0) is 15.6 Å². The number of rotatable bonds is 4. The number of nitrogens with zero attached hydrogens (tertiary/aromatic N) is 1. The number of fused-ring (bicyclic) bond motifs is 2. The quantitative estimate of drug-likeness (QED) is 0.769. The fraction of sp³-hybridized carbons (Fsp3) is 0.562. The zero-order chi connectivity index (χ0) is 17.3. The molecule has 2 aromatic rings. The van der Waals surface area contributed by atoms with Crippen molar-refractivity contribution in [3.63, 3.8) is 0 Å². The minimum Gasteiger partial charge on any atom is -0.385 e. The molecule has 0 radical (unpaired) electrons. The van der Waals surface area contributed by atoms with E-state index in [4.69, 9.17) is 11.6 Å². The molecule has 130 valence electrons. The Morgan fingerprint density at radius 3 is 2.67 bits per heavy atom. The van der Waals surface area contributed by atoms with Crippen LogP contribution in [0, 0.1) is 11.8 Å². The fourth-order valence-electron chi connectivity index (χ4n) is 3.99. The third-order valence-corrected chi connectivity index (χ3v) is 7.48. The molecule has 0 spiro atoms. The van der Waals surface area contributed by atoms with Gasteiger partial charge in [-0.05, 0) is 56.2 Å². The Balaban J connectivity index is 1.57. The van der Waals surface area contributed by atoms with Gasteiger partial charge in [0, 0.05) is 16.5 Å². The number of nitrogens with one attached hydrogen (secondary N) is 2. The Morgan fingerprint density at radius 2 is 2.04 bits per heavy atom. The lowest BCUT2D eigenvalue weighted by Gasteiger charge is -2.27. The van der Waals surface area contributed by atoms with Crippen LogP contribution < -0.4 is 4.72 Å². The van der Waals surface area contributed by atoms with Crippen molar-refractivity contribution in [3.05, 3.63) is 28.9 Å². The fourth-order valence-corrected chi connectivity index (χ4v) is 5.21. The maximum Gasteiger partial charge on any atom is 0.214 e. The second-order valence-corrected chi connectivity index (χ2v) is 9.99. The van der Waals surface area contributed by atoms with E-state index in [1.165, 1.54) is 0 Å². The van der Waals surface area contributed by atoms with E-state index in [2.05, 4.69) is 14.9 Å². The third-order valence-electron chi connectivity index (χ3n) is 5.42. The summed E-state index contributed by atoms with van der Waals surface area (Å²) >= 11 is 6.17. The first-order valence-corrected chi connectivity index (χ1v) is 10.0. The summed E-state index contributed by atoms with van der Waals surface area (Å²) in [7, 11) is -3.28.